The van der Waals surface area contributed by atoms with Crippen LogP contribution in [0.4, 0.5) is 26.3 Å². The van der Waals surface area contributed by atoms with Gasteiger partial charge >= 0.3 is 12.4 Å². The Hall–Kier alpha value is -2.56. The highest BCUT2D eigenvalue weighted by atomic mass is 19.4. The molecule has 28 heavy (non-hydrogen) atoms. The van der Waals surface area contributed by atoms with Crippen LogP contribution in [-0.4, -0.2) is 46.9 Å². The molecule has 1 fully saturated rings. The van der Waals surface area contributed by atoms with E-state index in [-0.39, 0.29) is 28.8 Å². The summed E-state index contributed by atoms with van der Waals surface area (Å²) in [7, 11) is 0. The molecule has 1 aliphatic heterocycles. The topological polar surface area (TPSA) is 47.4 Å². The predicted octanol–water partition coefficient (Wildman–Crippen LogP) is 3.31. The number of nitrogens with zero attached hydrogens (tertiary/aromatic N) is 3. The Bertz CT molecular complexity index is 836. The molecule has 1 aliphatic rings. The van der Waals surface area contributed by atoms with Gasteiger partial charge in [-0.2, -0.15) is 31.4 Å². The van der Waals surface area contributed by atoms with Crippen molar-refractivity contribution in [3.05, 3.63) is 47.3 Å². The van der Waals surface area contributed by atoms with Crippen LogP contribution in [0.25, 0.3) is 5.69 Å². The van der Waals surface area contributed by atoms with Crippen LogP contribution in [0, 0.1) is 0 Å². The van der Waals surface area contributed by atoms with E-state index in [1.807, 2.05) is 0 Å². The lowest BCUT2D eigenvalue weighted by Gasteiger charge is -2.26. The van der Waals surface area contributed by atoms with Crippen molar-refractivity contribution in [3.8, 4) is 5.69 Å². The smallest absolute Gasteiger partial charge is 0.378 e. The molecule has 0 unspecified atom stereocenters. The lowest BCUT2D eigenvalue weighted by atomic mass is 10.1. The van der Waals surface area contributed by atoms with E-state index >= 15 is 0 Å². The zero-order chi connectivity index (χ0) is 20.5. The van der Waals surface area contributed by atoms with Crippen LogP contribution in [0.5, 0.6) is 0 Å². The van der Waals surface area contributed by atoms with Crippen molar-refractivity contribution in [2.75, 3.05) is 26.3 Å². The van der Waals surface area contributed by atoms with Crippen LogP contribution in [0.2, 0.25) is 0 Å². The Balaban J connectivity index is 1.83. The first kappa shape index (κ1) is 20.2. The number of rotatable bonds is 3. The van der Waals surface area contributed by atoms with Crippen LogP contribution < -0.4 is 0 Å². The van der Waals surface area contributed by atoms with Gasteiger partial charge in [-0.15, -0.1) is 0 Å². The molecule has 2 heterocycles. The lowest BCUT2D eigenvalue weighted by molar-refractivity contribution is -0.143. The fourth-order valence-electron chi connectivity index (χ4n) is 2.77. The maximum absolute atomic E-state index is 13.1. The third-order valence-corrected chi connectivity index (χ3v) is 4.19. The Kier molecular flexibility index (Phi) is 5.37. The predicted molar refractivity (Wildman–Crippen MR) is 84.7 cm³/mol. The number of aromatic nitrogens is 2. The number of amides is 1. The molecule has 0 saturated carbocycles. The van der Waals surface area contributed by atoms with Crippen molar-refractivity contribution < 1.29 is 35.9 Å². The second-order valence-electron chi connectivity index (χ2n) is 6.16. The van der Waals surface area contributed by atoms with E-state index in [0.29, 0.717) is 31.9 Å². The standard InChI is InChI=1S/C17H15F6N3O2/c18-16(19,20)13-10-14(17(21,22)23)26(24-13)12-3-1-11(2-4-12)9-15(27)25-5-7-28-8-6-25/h1-4,10H,5-9H2. The van der Waals surface area contributed by atoms with Gasteiger partial charge in [0.2, 0.25) is 5.91 Å². The number of benzene rings is 1. The third kappa shape index (κ3) is 4.46. The molecule has 2 aromatic rings. The van der Waals surface area contributed by atoms with Gasteiger partial charge in [-0.1, -0.05) is 12.1 Å². The minimum Gasteiger partial charge on any atom is -0.378 e. The number of ether oxygens (including phenoxy) is 1. The lowest BCUT2D eigenvalue weighted by Crippen LogP contribution is -2.41. The molecular weight excluding hydrogens is 392 g/mol. The quantitative estimate of drug-likeness (QED) is 0.734. The van der Waals surface area contributed by atoms with E-state index in [4.69, 9.17) is 4.74 Å². The summed E-state index contributed by atoms with van der Waals surface area (Å²) in [6.45, 7) is 1.79. The highest BCUT2D eigenvalue weighted by molar-refractivity contribution is 5.78. The fraction of sp³-hybridized carbons (Fsp3) is 0.412. The molecule has 0 radical (unpaired) electrons. The molecule has 11 heteroatoms. The largest absolute Gasteiger partial charge is 0.435 e. The molecule has 0 bridgehead atoms. The van der Waals surface area contributed by atoms with Crippen LogP contribution in [-0.2, 0) is 28.3 Å². The molecule has 1 aromatic heterocycles. The molecule has 0 aliphatic carbocycles. The van der Waals surface area contributed by atoms with Gasteiger partial charge < -0.3 is 9.64 Å². The first-order valence-electron chi connectivity index (χ1n) is 8.25. The summed E-state index contributed by atoms with van der Waals surface area (Å²) in [6, 6.07) is 5.15. The first-order chi connectivity index (χ1) is 13.1. The van der Waals surface area contributed by atoms with Gasteiger partial charge in [0.25, 0.3) is 0 Å². The van der Waals surface area contributed by atoms with Gasteiger partial charge in [-0.25, -0.2) is 4.68 Å². The van der Waals surface area contributed by atoms with Crippen LogP contribution in [0.3, 0.4) is 0 Å². The molecule has 0 N–H and O–H groups in total. The number of morpholine rings is 1. The average Bonchev–Trinajstić information content (AvgIpc) is 3.09. The molecule has 0 spiro atoms. The molecule has 0 atom stereocenters. The van der Waals surface area contributed by atoms with Gasteiger partial charge in [-0.05, 0) is 17.7 Å². The van der Waals surface area contributed by atoms with E-state index in [0.717, 1.165) is 0 Å². The molecule has 1 saturated heterocycles. The molecule has 152 valence electrons. The van der Waals surface area contributed by atoms with Crippen LogP contribution in [0.1, 0.15) is 17.0 Å². The maximum Gasteiger partial charge on any atom is 0.435 e. The number of hydrogen-bond donors (Lipinski definition) is 0. The highest BCUT2D eigenvalue weighted by Gasteiger charge is 2.42. The van der Waals surface area contributed by atoms with E-state index in [9.17, 15) is 31.1 Å². The summed E-state index contributed by atoms with van der Waals surface area (Å²) < 4.78 is 83.0. The number of alkyl halides is 6. The zero-order valence-electron chi connectivity index (χ0n) is 14.3. The van der Waals surface area contributed by atoms with Crippen LogP contribution in [0.15, 0.2) is 30.3 Å². The first-order valence-corrected chi connectivity index (χ1v) is 8.25. The maximum atomic E-state index is 13.1. The SMILES string of the molecule is O=C(Cc1ccc(-n2nc(C(F)(F)F)cc2C(F)(F)F)cc1)N1CCOCC1. The van der Waals surface area contributed by atoms with Gasteiger partial charge in [0.15, 0.2) is 5.69 Å². The number of carbonyl (C=O) groups is 1. The Labute approximate surface area is 155 Å². The van der Waals surface area contributed by atoms with Gasteiger partial charge in [0.1, 0.15) is 5.69 Å². The van der Waals surface area contributed by atoms with Gasteiger partial charge in [0.05, 0.1) is 25.3 Å². The Morgan fingerprint density at radius 3 is 2.14 bits per heavy atom. The minimum atomic E-state index is -5.01. The molecule has 3 rings (SSSR count). The van der Waals surface area contributed by atoms with Crippen molar-refractivity contribution in [3.63, 3.8) is 0 Å². The Morgan fingerprint density at radius 2 is 1.61 bits per heavy atom. The number of carbonyl (C=O) groups excluding carboxylic acids is 1. The van der Waals surface area contributed by atoms with Crippen molar-refractivity contribution >= 4 is 5.91 Å². The zero-order valence-corrected chi connectivity index (χ0v) is 14.3. The van der Waals surface area contributed by atoms with Crippen molar-refractivity contribution in [1.29, 1.82) is 0 Å². The summed E-state index contributed by atoms with van der Waals surface area (Å²) in [4.78, 5) is 13.8. The second-order valence-corrected chi connectivity index (χ2v) is 6.16. The van der Waals surface area contributed by atoms with E-state index in [1.54, 1.807) is 4.90 Å². The normalized spacial score (nSPS) is 15.7. The van der Waals surface area contributed by atoms with E-state index in [2.05, 4.69) is 5.10 Å². The second kappa shape index (κ2) is 7.46. The molecule has 1 aromatic carbocycles. The van der Waals surface area contributed by atoms with Gasteiger partial charge in [0, 0.05) is 19.2 Å². The Morgan fingerprint density at radius 1 is 1.00 bits per heavy atom. The summed E-state index contributed by atoms with van der Waals surface area (Å²) in [6.07, 6.45) is -9.99. The molecule has 1 amide bonds. The number of hydrogen-bond acceptors (Lipinski definition) is 3. The number of halogens is 6. The van der Waals surface area contributed by atoms with E-state index < -0.39 is 23.7 Å². The monoisotopic (exact) mass is 407 g/mol. The van der Waals surface area contributed by atoms with Crippen molar-refractivity contribution in [1.82, 2.24) is 14.7 Å². The summed E-state index contributed by atoms with van der Waals surface area (Å²) in [5, 5.41) is 3.06. The van der Waals surface area contributed by atoms with E-state index in [1.165, 1.54) is 24.3 Å². The van der Waals surface area contributed by atoms with Crippen molar-refractivity contribution in [2.24, 2.45) is 0 Å². The minimum absolute atomic E-state index is 0.0271. The molecular formula is C17H15F6N3O2. The summed E-state index contributed by atoms with van der Waals surface area (Å²) in [5.74, 6) is -0.162. The summed E-state index contributed by atoms with van der Waals surface area (Å²) >= 11 is 0. The van der Waals surface area contributed by atoms with Gasteiger partial charge in [-0.3, -0.25) is 4.79 Å². The van der Waals surface area contributed by atoms with Crippen LogP contribution >= 0.6 is 0 Å². The average molecular weight is 407 g/mol. The van der Waals surface area contributed by atoms with Crippen molar-refractivity contribution in [2.45, 2.75) is 18.8 Å². The molecule has 5 nitrogen and oxygen atoms in total. The summed E-state index contributed by atoms with van der Waals surface area (Å²) in [5.41, 5.74) is -2.83. The third-order valence-electron chi connectivity index (χ3n) is 4.19. The highest BCUT2D eigenvalue weighted by Crippen LogP contribution is 2.36. The fourth-order valence-corrected chi connectivity index (χ4v) is 2.77.